The van der Waals surface area contributed by atoms with Gasteiger partial charge < -0.3 is 15.7 Å². The molecule has 0 radical (unpaired) electrons. The molecule has 1 aromatic heterocycles. The van der Waals surface area contributed by atoms with E-state index in [1.54, 1.807) is 6.20 Å². The molecule has 1 rings (SSSR count). The summed E-state index contributed by atoms with van der Waals surface area (Å²) < 4.78 is 1.94. The van der Waals surface area contributed by atoms with Gasteiger partial charge in [0.15, 0.2) is 5.96 Å². The van der Waals surface area contributed by atoms with Crippen molar-refractivity contribution in [2.24, 2.45) is 16.8 Å². The number of aliphatic imine (C=N–C) groups is 1. The maximum absolute atomic E-state index is 9.19. The van der Waals surface area contributed by atoms with Crippen LogP contribution in [0.2, 0.25) is 0 Å². The first-order valence-electron chi connectivity index (χ1n) is 8.76. The lowest BCUT2D eigenvalue weighted by Gasteiger charge is -2.17. The summed E-state index contributed by atoms with van der Waals surface area (Å²) in [7, 11) is 0. The van der Waals surface area contributed by atoms with Gasteiger partial charge in [0.1, 0.15) is 0 Å². The standard InChI is InChI=1S/C17H33N5O/c1-4-18-17(19-8-5-10-22-11-6-9-21-22)20-14-16(7-12-23)13-15(2)3/h6,9,11,15-16,23H,4-5,7-8,10,12-14H2,1-3H3,(H2,18,19,20). The van der Waals surface area contributed by atoms with Gasteiger partial charge in [-0.15, -0.1) is 0 Å². The van der Waals surface area contributed by atoms with Crippen molar-refractivity contribution in [2.75, 3.05) is 26.2 Å². The lowest BCUT2D eigenvalue weighted by molar-refractivity contribution is 0.245. The zero-order valence-corrected chi connectivity index (χ0v) is 14.8. The number of aromatic nitrogens is 2. The molecule has 0 amide bonds. The van der Waals surface area contributed by atoms with Crippen LogP contribution in [0.5, 0.6) is 0 Å². The smallest absolute Gasteiger partial charge is 0.191 e. The van der Waals surface area contributed by atoms with Gasteiger partial charge in [0.2, 0.25) is 0 Å². The maximum atomic E-state index is 9.19. The molecule has 0 saturated carbocycles. The Balaban J connectivity index is 2.37. The molecule has 1 atom stereocenters. The Labute approximate surface area is 140 Å². The Morgan fingerprint density at radius 2 is 2.17 bits per heavy atom. The monoisotopic (exact) mass is 323 g/mol. The van der Waals surface area contributed by atoms with Crippen molar-refractivity contribution >= 4 is 5.96 Å². The summed E-state index contributed by atoms with van der Waals surface area (Å²) in [5.74, 6) is 1.94. The molecule has 0 bridgehead atoms. The lowest BCUT2D eigenvalue weighted by atomic mass is 9.94. The summed E-state index contributed by atoms with van der Waals surface area (Å²) in [5, 5.41) is 20.0. The van der Waals surface area contributed by atoms with Crippen LogP contribution in [0, 0.1) is 11.8 Å². The number of aliphatic hydroxyl groups is 1. The van der Waals surface area contributed by atoms with Crippen molar-refractivity contribution in [2.45, 2.75) is 46.6 Å². The zero-order chi connectivity index (χ0) is 16.9. The van der Waals surface area contributed by atoms with Crippen LogP contribution in [0.4, 0.5) is 0 Å². The van der Waals surface area contributed by atoms with E-state index in [1.165, 1.54) is 0 Å². The van der Waals surface area contributed by atoms with E-state index in [-0.39, 0.29) is 6.61 Å². The predicted molar refractivity (Wildman–Crippen MR) is 95.5 cm³/mol. The van der Waals surface area contributed by atoms with E-state index in [0.29, 0.717) is 11.8 Å². The van der Waals surface area contributed by atoms with E-state index in [1.807, 2.05) is 16.9 Å². The van der Waals surface area contributed by atoms with Crippen molar-refractivity contribution in [3.63, 3.8) is 0 Å². The third kappa shape index (κ3) is 9.23. The summed E-state index contributed by atoms with van der Waals surface area (Å²) in [6, 6.07) is 1.94. The Kier molecular flexibility index (Phi) is 10.1. The average Bonchev–Trinajstić information content (AvgIpc) is 3.01. The highest BCUT2D eigenvalue weighted by molar-refractivity contribution is 5.79. The van der Waals surface area contributed by atoms with Crippen LogP contribution < -0.4 is 10.6 Å². The van der Waals surface area contributed by atoms with Crippen molar-refractivity contribution in [1.82, 2.24) is 20.4 Å². The van der Waals surface area contributed by atoms with Gasteiger partial charge >= 0.3 is 0 Å². The molecule has 6 heteroatoms. The second-order valence-corrected chi connectivity index (χ2v) is 6.28. The molecule has 1 unspecified atom stereocenters. The Hall–Kier alpha value is -1.56. The van der Waals surface area contributed by atoms with E-state index < -0.39 is 0 Å². The second-order valence-electron chi connectivity index (χ2n) is 6.28. The molecule has 3 N–H and O–H groups in total. The van der Waals surface area contributed by atoms with Gasteiger partial charge in [0.05, 0.1) is 0 Å². The molecule has 23 heavy (non-hydrogen) atoms. The normalized spacial score (nSPS) is 13.3. The molecule has 0 aliphatic rings. The summed E-state index contributed by atoms with van der Waals surface area (Å²) in [6.07, 6.45) is 6.70. The first kappa shape index (κ1) is 19.5. The van der Waals surface area contributed by atoms with Crippen LogP contribution in [-0.4, -0.2) is 47.1 Å². The Bertz CT molecular complexity index is 417. The SMILES string of the molecule is CCNC(=NCC(CCO)CC(C)C)NCCCn1cccn1. The van der Waals surface area contributed by atoms with Gasteiger partial charge in [0, 0.05) is 45.2 Å². The lowest BCUT2D eigenvalue weighted by Crippen LogP contribution is -2.38. The van der Waals surface area contributed by atoms with Crippen LogP contribution in [0.15, 0.2) is 23.5 Å². The fraction of sp³-hybridized carbons (Fsp3) is 0.765. The molecule has 6 nitrogen and oxygen atoms in total. The molecular weight excluding hydrogens is 290 g/mol. The van der Waals surface area contributed by atoms with Gasteiger partial charge in [-0.3, -0.25) is 9.67 Å². The van der Waals surface area contributed by atoms with Crippen molar-refractivity contribution in [1.29, 1.82) is 0 Å². The molecule has 0 fully saturated rings. The molecule has 0 saturated heterocycles. The maximum Gasteiger partial charge on any atom is 0.191 e. The highest BCUT2D eigenvalue weighted by Crippen LogP contribution is 2.15. The number of nitrogens with one attached hydrogen (secondary N) is 2. The highest BCUT2D eigenvalue weighted by Gasteiger charge is 2.10. The van der Waals surface area contributed by atoms with Gasteiger partial charge in [-0.25, -0.2) is 0 Å². The molecule has 0 aliphatic heterocycles. The van der Waals surface area contributed by atoms with E-state index in [0.717, 1.165) is 51.4 Å². The Morgan fingerprint density at radius 1 is 1.35 bits per heavy atom. The van der Waals surface area contributed by atoms with Gasteiger partial charge in [-0.1, -0.05) is 13.8 Å². The van der Waals surface area contributed by atoms with Gasteiger partial charge in [-0.2, -0.15) is 5.10 Å². The second kappa shape index (κ2) is 11.9. The minimum Gasteiger partial charge on any atom is -0.396 e. The number of nitrogens with zero attached hydrogens (tertiary/aromatic N) is 3. The van der Waals surface area contributed by atoms with E-state index in [4.69, 9.17) is 0 Å². The fourth-order valence-corrected chi connectivity index (χ4v) is 2.58. The molecule has 0 aliphatic carbocycles. The number of aryl methyl sites for hydroxylation is 1. The first-order valence-corrected chi connectivity index (χ1v) is 8.76. The van der Waals surface area contributed by atoms with Gasteiger partial charge in [0.25, 0.3) is 0 Å². The van der Waals surface area contributed by atoms with Crippen LogP contribution in [0.25, 0.3) is 0 Å². The van der Waals surface area contributed by atoms with Crippen LogP contribution in [0.3, 0.4) is 0 Å². The average molecular weight is 323 g/mol. The van der Waals surface area contributed by atoms with E-state index in [2.05, 4.69) is 41.5 Å². The van der Waals surface area contributed by atoms with Crippen LogP contribution >= 0.6 is 0 Å². The summed E-state index contributed by atoms with van der Waals surface area (Å²) in [6.45, 7) is 10.1. The van der Waals surface area contributed by atoms with Crippen LogP contribution in [0.1, 0.15) is 40.0 Å². The van der Waals surface area contributed by atoms with Gasteiger partial charge in [-0.05, 0) is 44.1 Å². The molecule has 0 spiro atoms. The molecule has 0 aromatic carbocycles. The molecular formula is C17H33N5O. The minimum absolute atomic E-state index is 0.237. The fourth-order valence-electron chi connectivity index (χ4n) is 2.58. The number of hydrogen-bond donors (Lipinski definition) is 3. The number of hydrogen-bond acceptors (Lipinski definition) is 3. The largest absolute Gasteiger partial charge is 0.396 e. The highest BCUT2D eigenvalue weighted by atomic mass is 16.3. The minimum atomic E-state index is 0.237. The first-order chi connectivity index (χ1) is 11.2. The van der Waals surface area contributed by atoms with E-state index >= 15 is 0 Å². The molecule has 1 aromatic rings. The third-order valence-electron chi connectivity index (χ3n) is 3.61. The van der Waals surface area contributed by atoms with Crippen molar-refractivity contribution < 1.29 is 5.11 Å². The van der Waals surface area contributed by atoms with Crippen molar-refractivity contribution in [3.05, 3.63) is 18.5 Å². The number of guanidine groups is 1. The van der Waals surface area contributed by atoms with E-state index in [9.17, 15) is 5.11 Å². The van der Waals surface area contributed by atoms with Crippen molar-refractivity contribution in [3.8, 4) is 0 Å². The third-order valence-corrected chi connectivity index (χ3v) is 3.61. The number of aliphatic hydroxyl groups excluding tert-OH is 1. The summed E-state index contributed by atoms with van der Waals surface area (Å²) in [4.78, 5) is 4.68. The summed E-state index contributed by atoms with van der Waals surface area (Å²) >= 11 is 0. The van der Waals surface area contributed by atoms with Crippen LogP contribution in [-0.2, 0) is 6.54 Å². The number of rotatable bonds is 11. The molecule has 1 heterocycles. The zero-order valence-electron chi connectivity index (χ0n) is 14.8. The quantitative estimate of drug-likeness (QED) is 0.330. The predicted octanol–water partition coefficient (Wildman–Crippen LogP) is 1.87. The topological polar surface area (TPSA) is 74.5 Å². The summed E-state index contributed by atoms with van der Waals surface area (Å²) in [5.41, 5.74) is 0. The Morgan fingerprint density at radius 3 is 2.78 bits per heavy atom. The molecule has 132 valence electrons.